The van der Waals surface area contributed by atoms with Crippen LogP contribution in [0.25, 0.3) is 0 Å². The van der Waals surface area contributed by atoms with Gasteiger partial charge in [-0.25, -0.2) is 0 Å². The molecule has 0 aliphatic heterocycles. The van der Waals surface area contributed by atoms with Crippen molar-refractivity contribution in [2.24, 2.45) is 5.92 Å². The van der Waals surface area contributed by atoms with Crippen LogP contribution in [0.5, 0.6) is 0 Å². The van der Waals surface area contributed by atoms with Gasteiger partial charge in [-0.15, -0.1) is 0 Å². The number of rotatable bonds is 0. The average molecular weight is 166 g/mol. The van der Waals surface area contributed by atoms with Gasteiger partial charge in [0.25, 0.3) is 0 Å². The lowest BCUT2D eigenvalue weighted by molar-refractivity contribution is 0.650. The lowest BCUT2D eigenvalue weighted by Crippen LogP contribution is -1.86. The standard InChI is InChI=1S/C10H16.C2H6/c1-8-4-6-9(2)10(3)7-5-8;1-2/h4,6,8H,5,7H2,1-3H3;1-2H3. The van der Waals surface area contributed by atoms with E-state index in [1.54, 1.807) is 5.57 Å². The van der Waals surface area contributed by atoms with Crippen LogP contribution < -0.4 is 0 Å². The molecule has 0 amide bonds. The molecule has 0 saturated carbocycles. The SMILES string of the molecule is CC.CC1=C(C)CCC(C)C=C1. The van der Waals surface area contributed by atoms with Gasteiger partial charge >= 0.3 is 0 Å². The van der Waals surface area contributed by atoms with Gasteiger partial charge in [-0.2, -0.15) is 0 Å². The normalized spacial score (nSPS) is 22.9. The first-order chi connectivity index (χ1) is 5.70. The van der Waals surface area contributed by atoms with E-state index in [0.717, 1.165) is 5.92 Å². The third-order valence-corrected chi connectivity index (χ3v) is 2.32. The summed E-state index contributed by atoms with van der Waals surface area (Å²) >= 11 is 0. The molecular weight excluding hydrogens is 144 g/mol. The van der Waals surface area contributed by atoms with Gasteiger partial charge in [-0.05, 0) is 32.6 Å². The molecule has 70 valence electrons. The Labute approximate surface area is 77.4 Å². The van der Waals surface area contributed by atoms with E-state index in [1.165, 1.54) is 18.4 Å². The van der Waals surface area contributed by atoms with E-state index < -0.39 is 0 Å². The summed E-state index contributed by atoms with van der Waals surface area (Å²) in [4.78, 5) is 0. The second-order valence-corrected chi connectivity index (χ2v) is 3.34. The molecule has 1 aliphatic carbocycles. The first-order valence-electron chi connectivity index (χ1n) is 5.04. The van der Waals surface area contributed by atoms with E-state index in [9.17, 15) is 0 Å². The molecule has 0 fully saturated rings. The van der Waals surface area contributed by atoms with E-state index in [-0.39, 0.29) is 0 Å². The molecule has 0 heteroatoms. The summed E-state index contributed by atoms with van der Waals surface area (Å²) in [7, 11) is 0. The molecule has 0 N–H and O–H groups in total. The van der Waals surface area contributed by atoms with Crippen LogP contribution in [-0.2, 0) is 0 Å². The predicted molar refractivity (Wildman–Crippen MR) is 57.3 cm³/mol. The van der Waals surface area contributed by atoms with Gasteiger partial charge in [0, 0.05) is 0 Å². The fourth-order valence-corrected chi connectivity index (χ4v) is 1.19. The zero-order valence-electron chi connectivity index (χ0n) is 9.15. The number of hydrogen-bond acceptors (Lipinski definition) is 0. The minimum atomic E-state index is 0.771. The van der Waals surface area contributed by atoms with Crippen LogP contribution in [0.15, 0.2) is 23.3 Å². The van der Waals surface area contributed by atoms with Gasteiger partial charge in [-0.3, -0.25) is 0 Å². The molecule has 0 radical (unpaired) electrons. The van der Waals surface area contributed by atoms with Crippen LogP contribution in [0.4, 0.5) is 0 Å². The summed E-state index contributed by atoms with van der Waals surface area (Å²) in [5.74, 6) is 0.771. The lowest BCUT2D eigenvalue weighted by atomic mass is 10.0. The molecule has 1 rings (SSSR count). The zero-order valence-corrected chi connectivity index (χ0v) is 9.15. The van der Waals surface area contributed by atoms with Crippen LogP contribution in [0.1, 0.15) is 47.5 Å². The van der Waals surface area contributed by atoms with Crippen molar-refractivity contribution in [2.45, 2.75) is 47.5 Å². The summed E-state index contributed by atoms with van der Waals surface area (Å²) in [6.07, 6.45) is 7.17. The monoisotopic (exact) mass is 166 g/mol. The van der Waals surface area contributed by atoms with E-state index in [0.29, 0.717) is 0 Å². The maximum absolute atomic E-state index is 2.31. The van der Waals surface area contributed by atoms with Gasteiger partial charge in [0.1, 0.15) is 0 Å². The molecule has 0 spiro atoms. The predicted octanol–water partition coefficient (Wildman–Crippen LogP) is 4.34. The Bertz CT molecular complexity index is 172. The third-order valence-electron chi connectivity index (χ3n) is 2.32. The van der Waals surface area contributed by atoms with E-state index >= 15 is 0 Å². The van der Waals surface area contributed by atoms with Gasteiger partial charge in [0.05, 0.1) is 0 Å². The molecule has 0 heterocycles. The minimum absolute atomic E-state index is 0.771. The van der Waals surface area contributed by atoms with Crippen LogP contribution in [0, 0.1) is 5.92 Å². The van der Waals surface area contributed by atoms with E-state index in [4.69, 9.17) is 0 Å². The maximum Gasteiger partial charge on any atom is -0.0256 e. The van der Waals surface area contributed by atoms with Crippen LogP contribution in [0.2, 0.25) is 0 Å². The van der Waals surface area contributed by atoms with Crippen molar-refractivity contribution in [3.05, 3.63) is 23.3 Å². The van der Waals surface area contributed by atoms with E-state index in [1.807, 2.05) is 13.8 Å². The second kappa shape index (κ2) is 6.05. The molecule has 1 unspecified atom stereocenters. The first kappa shape index (κ1) is 11.5. The second-order valence-electron chi connectivity index (χ2n) is 3.34. The number of hydrogen-bond donors (Lipinski definition) is 0. The summed E-state index contributed by atoms with van der Waals surface area (Å²) < 4.78 is 0. The Balaban J connectivity index is 0.000000561. The molecule has 12 heavy (non-hydrogen) atoms. The molecule has 1 atom stereocenters. The quantitative estimate of drug-likeness (QED) is 0.502. The molecule has 0 nitrogen and oxygen atoms in total. The van der Waals surface area contributed by atoms with Gasteiger partial charge < -0.3 is 0 Å². The van der Waals surface area contributed by atoms with Crippen molar-refractivity contribution >= 4 is 0 Å². The van der Waals surface area contributed by atoms with Gasteiger partial charge in [0.2, 0.25) is 0 Å². The highest BCUT2D eigenvalue weighted by Gasteiger charge is 2.03. The Morgan fingerprint density at radius 3 is 2.42 bits per heavy atom. The van der Waals surface area contributed by atoms with Crippen molar-refractivity contribution in [3.63, 3.8) is 0 Å². The molecule has 0 bridgehead atoms. The van der Waals surface area contributed by atoms with Crippen molar-refractivity contribution in [1.82, 2.24) is 0 Å². The first-order valence-corrected chi connectivity index (χ1v) is 5.04. The largest absolute Gasteiger partial charge is 0.0814 e. The smallest absolute Gasteiger partial charge is 0.0256 e. The molecule has 1 aliphatic rings. The maximum atomic E-state index is 2.31. The van der Waals surface area contributed by atoms with Crippen molar-refractivity contribution in [2.75, 3.05) is 0 Å². The highest BCUT2D eigenvalue weighted by molar-refractivity contribution is 5.24. The third kappa shape index (κ3) is 3.75. The summed E-state index contributed by atoms with van der Waals surface area (Å²) in [6, 6.07) is 0. The van der Waals surface area contributed by atoms with Gasteiger partial charge in [-0.1, -0.05) is 44.1 Å². The van der Waals surface area contributed by atoms with Crippen molar-refractivity contribution in [3.8, 4) is 0 Å². The zero-order chi connectivity index (χ0) is 9.56. The highest BCUT2D eigenvalue weighted by atomic mass is 14.1. The highest BCUT2D eigenvalue weighted by Crippen LogP contribution is 2.20. The fraction of sp³-hybridized carbons (Fsp3) is 0.667. The van der Waals surface area contributed by atoms with Gasteiger partial charge in [0.15, 0.2) is 0 Å². The minimum Gasteiger partial charge on any atom is -0.0814 e. The molecule has 0 aromatic heterocycles. The van der Waals surface area contributed by atoms with Crippen molar-refractivity contribution < 1.29 is 0 Å². The topological polar surface area (TPSA) is 0 Å². The van der Waals surface area contributed by atoms with Crippen LogP contribution >= 0.6 is 0 Å². The Morgan fingerprint density at radius 1 is 1.25 bits per heavy atom. The van der Waals surface area contributed by atoms with Crippen molar-refractivity contribution in [1.29, 1.82) is 0 Å². The fourth-order valence-electron chi connectivity index (χ4n) is 1.19. The molecule has 0 aromatic carbocycles. The molecule has 0 aromatic rings. The summed E-state index contributed by atoms with van der Waals surface area (Å²) in [6.45, 7) is 10.7. The average Bonchev–Trinajstić information content (AvgIpc) is 2.24. The van der Waals surface area contributed by atoms with Crippen LogP contribution in [-0.4, -0.2) is 0 Å². The molecule has 0 saturated heterocycles. The Kier molecular flexibility index (Phi) is 5.79. The summed E-state index contributed by atoms with van der Waals surface area (Å²) in [5.41, 5.74) is 3.02. The lowest BCUT2D eigenvalue weighted by Gasteiger charge is -2.02. The van der Waals surface area contributed by atoms with E-state index in [2.05, 4.69) is 32.9 Å². The summed E-state index contributed by atoms with van der Waals surface area (Å²) in [5, 5.41) is 0. The Hall–Kier alpha value is -0.520. The van der Waals surface area contributed by atoms with Crippen LogP contribution in [0.3, 0.4) is 0 Å². The Morgan fingerprint density at radius 2 is 1.83 bits per heavy atom. The number of allylic oxidation sites excluding steroid dienone is 4. The molecular formula is C12H22.